The van der Waals surface area contributed by atoms with Gasteiger partial charge in [-0.1, -0.05) is 198 Å². The molecule has 7 heteroatoms. The van der Waals surface area contributed by atoms with Gasteiger partial charge in [-0.25, -0.2) is 0 Å². The molecule has 0 spiro atoms. The fourth-order valence-corrected chi connectivity index (χ4v) is 16.9. The van der Waals surface area contributed by atoms with E-state index in [-0.39, 0.29) is 35.4 Å². The molecule has 0 bridgehead atoms. The Morgan fingerprint density at radius 3 is 0.955 bits per heavy atom. The Balaban J connectivity index is 0.957. The van der Waals surface area contributed by atoms with Crippen LogP contribution in [0.25, 0.3) is 132 Å². The highest BCUT2D eigenvalue weighted by Crippen LogP contribution is 2.52. The summed E-state index contributed by atoms with van der Waals surface area (Å²) in [6, 6.07) is 79.2. The lowest BCUT2D eigenvalue weighted by molar-refractivity contribution is 0.590. The van der Waals surface area contributed by atoms with Crippen LogP contribution in [0.15, 0.2) is 200 Å². The molecule has 8 heterocycles. The Bertz CT molecular complexity index is 5260. The number of para-hydroxylation sites is 5. The number of nitrogens with zero attached hydrogens (tertiary/aromatic N) is 5. The van der Waals surface area contributed by atoms with E-state index in [1.807, 2.05) is 0 Å². The van der Waals surface area contributed by atoms with E-state index in [1.165, 1.54) is 182 Å². The molecule has 0 fully saturated rings. The van der Waals surface area contributed by atoms with Crippen molar-refractivity contribution >= 4 is 128 Å². The molecule has 0 amide bonds. The summed E-state index contributed by atoms with van der Waals surface area (Å²) in [7, 11) is 0. The van der Waals surface area contributed by atoms with E-state index >= 15 is 0 Å². The van der Waals surface area contributed by atoms with Gasteiger partial charge in [0.05, 0.1) is 44.1 Å². The second-order valence-electron chi connectivity index (χ2n) is 30.6. The minimum Gasteiger partial charge on any atom is -0.444 e. The molecule has 0 atom stereocenters. The molecular formula is C82H69B2N5. The van der Waals surface area contributed by atoms with Crippen molar-refractivity contribution in [2.45, 2.75) is 105 Å². The van der Waals surface area contributed by atoms with Crippen LogP contribution in [-0.2, 0) is 21.7 Å². The molecule has 4 aliphatic heterocycles. The highest BCUT2D eigenvalue weighted by Gasteiger charge is 2.53. The van der Waals surface area contributed by atoms with E-state index in [9.17, 15) is 0 Å². The van der Waals surface area contributed by atoms with Gasteiger partial charge in [-0.2, -0.15) is 0 Å². The van der Waals surface area contributed by atoms with Crippen molar-refractivity contribution in [1.29, 1.82) is 0 Å². The van der Waals surface area contributed by atoms with Gasteiger partial charge in [0.25, 0.3) is 0 Å². The second kappa shape index (κ2) is 16.8. The van der Waals surface area contributed by atoms with E-state index in [1.54, 1.807) is 0 Å². The minimum absolute atomic E-state index is 0.0158. The van der Waals surface area contributed by atoms with Crippen LogP contribution in [0, 0.1) is 0 Å². The number of aromatic nitrogens is 4. The third kappa shape index (κ3) is 6.68. The fourth-order valence-electron chi connectivity index (χ4n) is 16.9. The lowest BCUT2D eigenvalue weighted by Gasteiger charge is -2.50. The third-order valence-electron chi connectivity index (χ3n) is 21.3. The number of rotatable bonds is 2. The molecule has 0 saturated carbocycles. The summed E-state index contributed by atoms with van der Waals surface area (Å²) in [6.07, 6.45) is 0. The SMILES string of the molecule is CC(C)(C)c1ccc2c(c1)c1cc(C(C)(C)C)ccc1n2-c1cc2c3c(c1)-n1c4ccccc4c4cccc(c41)B3N1B3c4c(cc(-n5c6ccc(C(C)(C)C)cc6c6cc(C(C)(C)C)ccc65)cc4-n4c5ccccc5c5cccc3c54)-c3cccc-2c31. The van der Waals surface area contributed by atoms with Crippen LogP contribution < -0.4 is 26.6 Å². The quantitative estimate of drug-likeness (QED) is 0.158. The number of fused-ring (bicyclic) bond motifs is 20. The number of benzene rings is 11. The summed E-state index contributed by atoms with van der Waals surface area (Å²) >= 11 is 0. The van der Waals surface area contributed by atoms with Gasteiger partial charge in [0.2, 0.25) is 0 Å². The van der Waals surface area contributed by atoms with Crippen molar-refractivity contribution in [3.8, 4) is 45.0 Å². The van der Waals surface area contributed by atoms with Gasteiger partial charge in [-0.3, -0.25) is 0 Å². The van der Waals surface area contributed by atoms with Crippen molar-refractivity contribution in [1.82, 2.24) is 18.3 Å². The Kier molecular flexibility index (Phi) is 9.75. The summed E-state index contributed by atoms with van der Waals surface area (Å²) in [5.74, 6) is 0. The second-order valence-corrected chi connectivity index (χ2v) is 30.6. The first kappa shape index (κ1) is 51.6. The molecule has 0 radical (unpaired) electrons. The van der Waals surface area contributed by atoms with E-state index in [0.29, 0.717) is 0 Å². The molecular weight excluding hydrogens is 1080 g/mol. The van der Waals surface area contributed by atoms with Crippen LogP contribution in [0.4, 0.5) is 5.69 Å². The Morgan fingerprint density at radius 1 is 0.270 bits per heavy atom. The third-order valence-corrected chi connectivity index (χ3v) is 21.3. The van der Waals surface area contributed by atoms with E-state index in [0.717, 1.165) is 0 Å². The van der Waals surface area contributed by atoms with Gasteiger partial charge in [-0.05, 0) is 162 Å². The molecule has 5 nitrogen and oxygen atoms in total. The lowest BCUT2D eigenvalue weighted by atomic mass is 9.32. The predicted octanol–water partition coefficient (Wildman–Crippen LogP) is 18.3. The van der Waals surface area contributed by atoms with Gasteiger partial charge < -0.3 is 23.0 Å². The molecule has 4 aromatic heterocycles. The highest BCUT2D eigenvalue weighted by molar-refractivity contribution is 7.09. The van der Waals surface area contributed by atoms with Crippen molar-refractivity contribution < 1.29 is 0 Å². The van der Waals surface area contributed by atoms with E-state index < -0.39 is 0 Å². The highest BCUT2D eigenvalue weighted by atomic mass is 15.1. The summed E-state index contributed by atoms with van der Waals surface area (Å²) < 4.78 is 13.4. The molecule has 15 aromatic rings. The first-order chi connectivity index (χ1) is 42.7. The molecule has 0 unspecified atom stereocenters. The minimum atomic E-state index is -0.131. The number of anilines is 1. The lowest BCUT2D eigenvalue weighted by Crippen LogP contribution is -2.74. The van der Waals surface area contributed by atoms with Crippen LogP contribution >= 0.6 is 0 Å². The Morgan fingerprint density at radius 2 is 0.596 bits per heavy atom. The standard InChI is InChI=1S/C82H69B2N5/c1-79(2,3)46-30-34-68-58(38-46)59-39-47(80(4,5)6)31-35-69(59)85(68)50-42-62-56-22-17-23-57-63-43-51(86-70-36-32-48(81(7,8)9)40-60(70)61-41-49(82(10,11)12)33-37-71(61)86)45-73-75(63)84(65-27-19-25-55-53-21-14-16-29-67(53)88(73)78(55)65)89(76(56)57)83-64-26-18-24-54-52-20-13-15-28-66(52)87(77(54)64)72(44-50)74(62)83/h13-45H,1-12H3. The number of hydrogen-bond acceptors (Lipinski definition) is 1. The largest absolute Gasteiger partial charge is 0.444 e. The summed E-state index contributed by atoms with van der Waals surface area (Å²) in [4.78, 5) is 0. The molecule has 0 saturated heterocycles. The summed E-state index contributed by atoms with van der Waals surface area (Å²) in [6.45, 7) is 27.8. The molecule has 89 heavy (non-hydrogen) atoms. The van der Waals surface area contributed by atoms with Crippen LogP contribution in [0.5, 0.6) is 0 Å². The summed E-state index contributed by atoms with van der Waals surface area (Å²) in [5, 5.41) is 10.3. The van der Waals surface area contributed by atoms with Gasteiger partial charge in [0.15, 0.2) is 0 Å². The van der Waals surface area contributed by atoms with Crippen LogP contribution in [0.3, 0.4) is 0 Å². The molecule has 11 aromatic carbocycles. The summed E-state index contributed by atoms with van der Waals surface area (Å²) in [5.41, 5.74) is 31.9. The van der Waals surface area contributed by atoms with Gasteiger partial charge in [0, 0.05) is 82.7 Å². The van der Waals surface area contributed by atoms with E-state index in [4.69, 9.17) is 0 Å². The van der Waals surface area contributed by atoms with Crippen molar-refractivity contribution in [2.24, 2.45) is 0 Å². The fraction of sp³-hybridized carbons (Fsp3) is 0.195. The van der Waals surface area contributed by atoms with Gasteiger partial charge in [-0.15, -0.1) is 0 Å². The van der Waals surface area contributed by atoms with Crippen LogP contribution in [0.1, 0.15) is 105 Å². The predicted molar refractivity (Wildman–Crippen MR) is 382 cm³/mol. The van der Waals surface area contributed by atoms with Crippen LogP contribution in [0.2, 0.25) is 0 Å². The van der Waals surface area contributed by atoms with Crippen molar-refractivity contribution in [3.05, 3.63) is 222 Å². The molecule has 19 rings (SSSR count). The normalized spacial score (nSPS) is 14.2. The average Bonchev–Trinajstić information content (AvgIpc) is 1.66. The Labute approximate surface area is 520 Å². The number of hydrogen-bond donors (Lipinski definition) is 0. The molecule has 0 aliphatic carbocycles. The smallest absolute Gasteiger partial charge is 0.316 e. The maximum atomic E-state index is 2.92. The average molecular weight is 1150 g/mol. The topological polar surface area (TPSA) is 23.0 Å². The molecule has 4 aliphatic rings. The van der Waals surface area contributed by atoms with Crippen molar-refractivity contribution in [3.63, 3.8) is 0 Å². The monoisotopic (exact) mass is 1150 g/mol. The maximum Gasteiger partial charge on any atom is 0.316 e. The van der Waals surface area contributed by atoms with Gasteiger partial charge >= 0.3 is 13.7 Å². The zero-order chi connectivity index (χ0) is 60.4. The van der Waals surface area contributed by atoms with E-state index in [2.05, 4.69) is 306 Å². The zero-order valence-electron chi connectivity index (χ0n) is 52.9. The molecule has 428 valence electrons. The van der Waals surface area contributed by atoms with Crippen molar-refractivity contribution in [2.75, 3.05) is 4.72 Å². The first-order valence-corrected chi connectivity index (χ1v) is 32.2. The Hall–Kier alpha value is -9.45. The first-order valence-electron chi connectivity index (χ1n) is 32.2. The zero-order valence-corrected chi connectivity index (χ0v) is 52.9. The maximum absolute atomic E-state index is 2.92. The van der Waals surface area contributed by atoms with Gasteiger partial charge in [0.1, 0.15) is 0 Å². The van der Waals surface area contributed by atoms with Crippen LogP contribution in [-0.4, -0.2) is 32.0 Å². The molecule has 0 N–H and O–H groups in total.